The SMILES string of the molecule is O=C(NC/C=C/S(=O)(=O)c1ccccc1)c1cc2c([nH]c1=O)CCN(C(=O)C1CCOC1)C2. The number of fused-ring (bicyclic) bond motifs is 1. The summed E-state index contributed by atoms with van der Waals surface area (Å²) in [5.74, 6) is -0.732. The summed E-state index contributed by atoms with van der Waals surface area (Å²) >= 11 is 0. The Morgan fingerprint density at radius 3 is 2.76 bits per heavy atom. The first-order valence-electron chi connectivity index (χ1n) is 10.7. The average molecular weight is 472 g/mol. The van der Waals surface area contributed by atoms with E-state index < -0.39 is 21.3 Å². The Morgan fingerprint density at radius 2 is 2.03 bits per heavy atom. The number of carbonyl (C=O) groups is 2. The highest BCUT2D eigenvalue weighted by Crippen LogP contribution is 2.22. The first-order chi connectivity index (χ1) is 15.8. The highest BCUT2D eigenvalue weighted by Gasteiger charge is 2.30. The Morgan fingerprint density at radius 1 is 1.24 bits per heavy atom. The van der Waals surface area contributed by atoms with Gasteiger partial charge in [-0.25, -0.2) is 8.42 Å². The molecule has 2 aliphatic heterocycles. The normalized spacial score (nSPS) is 18.3. The van der Waals surface area contributed by atoms with Crippen molar-refractivity contribution in [3.63, 3.8) is 0 Å². The van der Waals surface area contributed by atoms with Gasteiger partial charge in [0.25, 0.3) is 11.5 Å². The zero-order chi connectivity index (χ0) is 23.4. The van der Waals surface area contributed by atoms with Gasteiger partial charge in [0.2, 0.25) is 5.91 Å². The highest BCUT2D eigenvalue weighted by molar-refractivity contribution is 7.94. The highest BCUT2D eigenvalue weighted by atomic mass is 32.2. The molecule has 0 bridgehead atoms. The number of nitrogens with zero attached hydrogens (tertiary/aromatic N) is 1. The van der Waals surface area contributed by atoms with Crippen molar-refractivity contribution in [1.29, 1.82) is 0 Å². The van der Waals surface area contributed by atoms with E-state index in [4.69, 9.17) is 4.74 Å². The quantitative estimate of drug-likeness (QED) is 0.648. The van der Waals surface area contributed by atoms with E-state index in [-0.39, 0.29) is 28.8 Å². The van der Waals surface area contributed by atoms with E-state index in [1.54, 1.807) is 23.1 Å². The molecule has 0 aliphatic carbocycles. The van der Waals surface area contributed by atoms with Gasteiger partial charge in [0.1, 0.15) is 5.56 Å². The fourth-order valence-electron chi connectivity index (χ4n) is 3.96. The number of amides is 2. The second-order valence-electron chi connectivity index (χ2n) is 8.03. The zero-order valence-corrected chi connectivity index (χ0v) is 18.8. The van der Waals surface area contributed by atoms with Crippen LogP contribution in [0.4, 0.5) is 0 Å². The van der Waals surface area contributed by atoms with Crippen molar-refractivity contribution in [2.45, 2.75) is 24.3 Å². The maximum Gasteiger partial charge on any atom is 0.261 e. The Kier molecular flexibility index (Phi) is 6.75. The summed E-state index contributed by atoms with van der Waals surface area (Å²) in [5, 5.41) is 3.57. The predicted octanol–water partition coefficient (Wildman–Crippen LogP) is 1.01. The molecule has 2 aliphatic rings. The summed E-state index contributed by atoms with van der Waals surface area (Å²) in [6.45, 7) is 1.77. The van der Waals surface area contributed by atoms with Gasteiger partial charge in [0.15, 0.2) is 9.84 Å². The van der Waals surface area contributed by atoms with Crippen molar-refractivity contribution in [2.75, 3.05) is 26.3 Å². The molecule has 3 heterocycles. The number of benzene rings is 1. The monoisotopic (exact) mass is 471 g/mol. The molecular formula is C23H25N3O6S. The van der Waals surface area contributed by atoms with Gasteiger partial charge in [-0.2, -0.15) is 0 Å². The zero-order valence-electron chi connectivity index (χ0n) is 18.0. The van der Waals surface area contributed by atoms with Crippen LogP contribution in [0.3, 0.4) is 0 Å². The molecule has 1 fully saturated rings. The second kappa shape index (κ2) is 9.72. The number of H-pyrrole nitrogens is 1. The maximum absolute atomic E-state index is 12.7. The van der Waals surface area contributed by atoms with Crippen LogP contribution in [0.15, 0.2) is 57.6 Å². The molecule has 2 N–H and O–H groups in total. The van der Waals surface area contributed by atoms with Gasteiger partial charge in [0.05, 0.1) is 17.4 Å². The number of aromatic nitrogens is 1. The summed E-state index contributed by atoms with van der Waals surface area (Å²) < 4.78 is 29.8. The van der Waals surface area contributed by atoms with Crippen LogP contribution in [0.1, 0.15) is 28.0 Å². The lowest BCUT2D eigenvalue weighted by Gasteiger charge is -2.30. The lowest BCUT2D eigenvalue weighted by Crippen LogP contribution is -2.41. The summed E-state index contributed by atoms with van der Waals surface area (Å²) in [6.07, 6.45) is 2.53. The molecule has 1 unspecified atom stereocenters. The van der Waals surface area contributed by atoms with E-state index >= 15 is 0 Å². The first kappa shape index (κ1) is 22.9. The van der Waals surface area contributed by atoms with Gasteiger partial charge >= 0.3 is 0 Å². The third-order valence-corrected chi connectivity index (χ3v) is 7.25. The number of sulfone groups is 1. The smallest absolute Gasteiger partial charge is 0.261 e. The van der Waals surface area contributed by atoms with Gasteiger partial charge in [-0.05, 0) is 30.2 Å². The van der Waals surface area contributed by atoms with Gasteiger partial charge < -0.3 is 19.9 Å². The van der Waals surface area contributed by atoms with Crippen LogP contribution < -0.4 is 10.9 Å². The number of nitrogens with one attached hydrogen (secondary N) is 2. The minimum Gasteiger partial charge on any atom is -0.381 e. The van der Waals surface area contributed by atoms with Crippen LogP contribution in [-0.4, -0.2) is 56.4 Å². The van der Waals surface area contributed by atoms with E-state index in [0.29, 0.717) is 39.1 Å². The molecule has 2 aromatic rings. The third kappa shape index (κ3) is 5.23. The lowest BCUT2D eigenvalue weighted by molar-refractivity contribution is -0.136. The molecule has 0 spiro atoms. The van der Waals surface area contributed by atoms with Crippen molar-refractivity contribution < 1.29 is 22.7 Å². The molecule has 33 heavy (non-hydrogen) atoms. The first-order valence-corrected chi connectivity index (χ1v) is 12.3. The molecule has 1 aromatic carbocycles. The molecule has 1 aromatic heterocycles. The minimum absolute atomic E-state index is 0.0279. The molecule has 4 rings (SSSR count). The molecule has 2 amide bonds. The predicted molar refractivity (Wildman–Crippen MR) is 120 cm³/mol. The summed E-state index contributed by atoms with van der Waals surface area (Å²) in [7, 11) is -3.61. The topological polar surface area (TPSA) is 126 Å². The van der Waals surface area contributed by atoms with Crippen molar-refractivity contribution in [3.8, 4) is 0 Å². The van der Waals surface area contributed by atoms with Crippen LogP contribution in [0, 0.1) is 5.92 Å². The molecule has 0 saturated carbocycles. The number of ether oxygens (including phenoxy) is 1. The Hall–Kier alpha value is -3.24. The molecular weight excluding hydrogens is 446 g/mol. The average Bonchev–Trinajstić information content (AvgIpc) is 3.36. The second-order valence-corrected chi connectivity index (χ2v) is 9.86. The molecule has 1 saturated heterocycles. The van der Waals surface area contributed by atoms with Gasteiger partial charge in [-0.3, -0.25) is 14.4 Å². The number of carbonyl (C=O) groups excluding carboxylic acids is 2. The van der Waals surface area contributed by atoms with Gasteiger partial charge in [0, 0.05) is 43.8 Å². The lowest BCUT2D eigenvalue weighted by atomic mass is 10.0. The van der Waals surface area contributed by atoms with Crippen LogP contribution in [0.2, 0.25) is 0 Å². The maximum atomic E-state index is 12.7. The van der Waals surface area contributed by atoms with Gasteiger partial charge in [-0.15, -0.1) is 0 Å². The van der Waals surface area contributed by atoms with E-state index in [0.717, 1.165) is 16.7 Å². The van der Waals surface area contributed by atoms with Crippen LogP contribution >= 0.6 is 0 Å². The van der Waals surface area contributed by atoms with Crippen molar-refractivity contribution >= 4 is 21.7 Å². The fourth-order valence-corrected chi connectivity index (χ4v) is 5.00. The van der Waals surface area contributed by atoms with Crippen LogP contribution in [0.25, 0.3) is 0 Å². The minimum atomic E-state index is -3.61. The largest absolute Gasteiger partial charge is 0.381 e. The Balaban J connectivity index is 1.41. The number of hydrogen-bond acceptors (Lipinski definition) is 6. The molecule has 174 valence electrons. The number of pyridine rings is 1. The van der Waals surface area contributed by atoms with Crippen LogP contribution in [-0.2, 0) is 32.3 Å². The van der Waals surface area contributed by atoms with Crippen molar-refractivity contribution in [3.05, 3.63) is 75.1 Å². The summed E-state index contributed by atoms with van der Waals surface area (Å²) in [4.78, 5) is 42.3. The van der Waals surface area contributed by atoms with E-state index in [9.17, 15) is 22.8 Å². The van der Waals surface area contributed by atoms with Crippen molar-refractivity contribution in [2.24, 2.45) is 5.92 Å². The number of hydrogen-bond donors (Lipinski definition) is 2. The molecule has 0 radical (unpaired) electrons. The summed E-state index contributed by atoms with van der Waals surface area (Å²) in [6, 6.07) is 9.45. The number of aromatic amines is 1. The molecule has 10 heteroatoms. The number of rotatable bonds is 6. The Labute approximate surface area is 191 Å². The van der Waals surface area contributed by atoms with Crippen LogP contribution in [0.5, 0.6) is 0 Å². The third-order valence-electron chi connectivity index (χ3n) is 5.77. The Bertz CT molecular complexity index is 1230. The fraction of sp³-hybridized carbons (Fsp3) is 0.348. The van der Waals surface area contributed by atoms with E-state index in [1.165, 1.54) is 24.3 Å². The van der Waals surface area contributed by atoms with Crippen molar-refractivity contribution in [1.82, 2.24) is 15.2 Å². The molecule has 9 nitrogen and oxygen atoms in total. The van der Waals surface area contributed by atoms with E-state index in [2.05, 4.69) is 10.3 Å². The van der Waals surface area contributed by atoms with E-state index in [1.807, 2.05) is 0 Å². The summed E-state index contributed by atoms with van der Waals surface area (Å²) in [5.41, 5.74) is 0.847. The van der Waals surface area contributed by atoms with Gasteiger partial charge in [-0.1, -0.05) is 24.3 Å². The molecule has 1 atom stereocenters. The standard InChI is InChI=1S/C23H25N3O6S/c27-21(24-9-4-12-33(30,31)18-5-2-1-3-6-18)19-13-17-14-26(10-7-20(17)25-22(19)28)23(29)16-8-11-32-15-16/h1-6,12-13,16H,7-11,14-15H2,(H,24,27)(H,25,28)/b12-4+.